The topological polar surface area (TPSA) is 92.3 Å². The van der Waals surface area contributed by atoms with E-state index in [2.05, 4.69) is 15.3 Å². The molecule has 2 unspecified atom stereocenters. The number of rotatable bonds is 6. The van der Waals surface area contributed by atoms with E-state index in [1.807, 2.05) is 0 Å². The summed E-state index contributed by atoms with van der Waals surface area (Å²) in [5, 5.41) is 2.31. The van der Waals surface area contributed by atoms with Gasteiger partial charge in [-0.1, -0.05) is 17.7 Å². The van der Waals surface area contributed by atoms with Gasteiger partial charge in [0.05, 0.1) is 10.3 Å². The molecule has 190 valence electrons. The Morgan fingerprint density at radius 3 is 2.40 bits per heavy atom. The third-order valence-electron chi connectivity index (χ3n) is 6.63. The molecule has 0 saturated heterocycles. The molecule has 2 aliphatic rings. The molecule has 0 spiro atoms. The quantitative estimate of drug-likeness (QED) is 0.568. The number of hydrogen-bond acceptors (Lipinski definition) is 6. The van der Waals surface area contributed by atoms with E-state index in [4.69, 9.17) is 11.6 Å². The zero-order chi connectivity index (χ0) is 25.7. The van der Waals surface area contributed by atoms with Gasteiger partial charge in [-0.05, 0) is 42.9 Å². The number of aromatic nitrogens is 2. The van der Waals surface area contributed by atoms with Crippen LogP contribution in [-0.2, 0) is 27.5 Å². The standard InChI is InChI=1S/C22H23ClF4N4O3S/c1-31(20(32)12-6-15(7-12)35(2,33)34)19(22(25,26)27)13-9-28-21(29-10-13)30-14-5-11-3-4-17(23)18(24)16(11)8-14/h3-4,9-10,12,14-15,19H,5-8H2,1-2H3,(H,28,29,30). The molecule has 0 bridgehead atoms. The van der Waals surface area contributed by atoms with Crippen LogP contribution in [0.5, 0.6) is 0 Å². The third kappa shape index (κ3) is 5.23. The molecule has 1 heterocycles. The van der Waals surface area contributed by atoms with Gasteiger partial charge in [0.25, 0.3) is 0 Å². The van der Waals surface area contributed by atoms with Gasteiger partial charge in [-0.15, -0.1) is 0 Å². The molecule has 1 fully saturated rings. The van der Waals surface area contributed by atoms with Crippen LogP contribution in [0.15, 0.2) is 24.5 Å². The Kier molecular flexibility index (Phi) is 6.73. The molecule has 2 aromatic rings. The zero-order valence-electron chi connectivity index (χ0n) is 18.8. The lowest BCUT2D eigenvalue weighted by Crippen LogP contribution is -2.48. The highest BCUT2D eigenvalue weighted by atomic mass is 35.5. The summed E-state index contributed by atoms with van der Waals surface area (Å²) in [7, 11) is -2.31. The first-order valence-electron chi connectivity index (χ1n) is 10.8. The Labute approximate surface area is 204 Å². The van der Waals surface area contributed by atoms with E-state index in [9.17, 15) is 30.8 Å². The maximum atomic E-state index is 14.2. The lowest BCUT2D eigenvalue weighted by Gasteiger charge is -2.38. The fourth-order valence-electron chi connectivity index (χ4n) is 4.63. The second-order valence-corrected chi connectivity index (χ2v) is 11.8. The predicted octanol–water partition coefficient (Wildman–Crippen LogP) is 3.73. The predicted molar refractivity (Wildman–Crippen MR) is 121 cm³/mol. The van der Waals surface area contributed by atoms with Crippen molar-refractivity contribution in [2.45, 2.75) is 49.2 Å². The molecule has 0 aliphatic heterocycles. The Morgan fingerprint density at radius 2 is 1.83 bits per heavy atom. The summed E-state index contributed by atoms with van der Waals surface area (Å²) in [6, 6.07) is 0.665. The summed E-state index contributed by atoms with van der Waals surface area (Å²) in [5.41, 5.74) is 0.941. The number of nitrogens with one attached hydrogen (secondary N) is 1. The van der Waals surface area contributed by atoms with Gasteiger partial charge in [0, 0.05) is 43.2 Å². The van der Waals surface area contributed by atoms with Crippen molar-refractivity contribution in [2.24, 2.45) is 5.92 Å². The fourth-order valence-corrected chi connectivity index (χ4v) is 5.97. The van der Waals surface area contributed by atoms with Gasteiger partial charge in [0.15, 0.2) is 6.04 Å². The first-order valence-corrected chi connectivity index (χ1v) is 13.2. The Hall–Kier alpha value is -2.47. The van der Waals surface area contributed by atoms with Gasteiger partial charge in [-0.25, -0.2) is 22.8 Å². The van der Waals surface area contributed by atoms with Crippen LogP contribution >= 0.6 is 11.6 Å². The molecule has 0 radical (unpaired) electrons. The molecular weight excluding hydrogens is 512 g/mol. The van der Waals surface area contributed by atoms with E-state index < -0.39 is 44.9 Å². The maximum absolute atomic E-state index is 14.2. The normalized spacial score (nSPS) is 22.8. The smallest absolute Gasteiger partial charge is 0.351 e. The second kappa shape index (κ2) is 9.20. The highest BCUT2D eigenvalue weighted by Gasteiger charge is 2.49. The molecule has 4 rings (SSSR count). The zero-order valence-corrected chi connectivity index (χ0v) is 20.4. The number of benzene rings is 1. The van der Waals surface area contributed by atoms with E-state index in [1.165, 1.54) is 6.07 Å². The van der Waals surface area contributed by atoms with Crippen molar-refractivity contribution >= 4 is 33.3 Å². The van der Waals surface area contributed by atoms with Crippen molar-refractivity contribution in [3.05, 3.63) is 52.1 Å². The van der Waals surface area contributed by atoms with E-state index in [0.717, 1.165) is 31.3 Å². The van der Waals surface area contributed by atoms with Crippen molar-refractivity contribution in [2.75, 3.05) is 18.6 Å². The summed E-state index contributed by atoms with van der Waals surface area (Å²) < 4.78 is 79.1. The van der Waals surface area contributed by atoms with Gasteiger partial charge in [0.1, 0.15) is 15.7 Å². The van der Waals surface area contributed by atoms with E-state index in [1.54, 1.807) is 6.07 Å². The SMILES string of the molecule is CN(C(=O)C1CC(S(C)(=O)=O)C1)C(c1cnc(NC2Cc3ccc(Cl)c(F)c3C2)nc1)C(F)(F)F. The number of alkyl halides is 3. The lowest BCUT2D eigenvalue weighted by molar-refractivity contribution is -0.191. The molecule has 1 N–H and O–H groups in total. The summed E-state index contributed by atoms with van der Waals surface area (Å²) >= 11 is 5.82. The molecule has 7 nitrogen and oxygen atoms in total. The molecule has 1 amide bonds. The second-order valence-electron chi connectivity index (χ2n) is 9.10. The number of carbonyl (C=O) groups excluding carboxylic acids is 1. The molecule has 1 saturated carbocycles. The number of hydrogen-bond donors (Lipinski definition) is 1. The number of anilines is 1. The average molecular weight is 535 g/mol. The minimum atomic E-state index is -4.80. The van der Waals surface area contributed by atoms with Gasteiger partial charge in [-0.2, -0.15) is 13.2 Å². The van der Waals surface area contributed by atoms with Gasteiger partial charge in [0.2, 0.25) is 11.9 Å². The average Bonchev–Trinajstić information content (AvgIpc) is 3.12. The summed E-state index contributed by atoms with van der Waals surface area (Å²) in [6.07, 6.45) is -0.954. The van der Waals surface area contributed by atoms with Crippen LogP contribution in [0.1, 0.15) is 35.6 Å². The third-order valence-corrected chi connectivity index (χ3v) is 8.51. The van der Waals surface area contributed by atoms with Gasteiger partial charge < -0.3 is 10.2 Å². The molecule has 2 atom stereocenters. The number of halogens is 5. The van der Waals surface area contributed by atoms with Crippen LogP contribution in [0.4, 0.5) is 23.5 Å². The molecule has 13 heteroatoms. The van der Waals surface area contributed by atoms with Crippen LogP contribution in [0, 0.1) is 11.7 Å². The van der Waals surface area contributed by atoms with Gasteiger partial charge in [-0.3, -0.25) is 4.79 Å². The van der Waals surface area contributed by atoms with Crippen molar-refractivity contribution < 1.29 is 30.8 Å². The Bertz CT molecular complexity index is 1230. The number of amides is 1. The lowest BCUT2D eigenvalue weighted by atomic mass is 9.83. The van der Waals surface area contributed by atoms with E-state index in [-0.39, 0.29) is 35.4 Å². The van der Waals surface area contributed by atoms with Crippen LogP contribution in [-0.4, -0.2) is 60.0 Å². The Morgan fingerprint density at radius 1 is 1.20 bits per heavy atom. The highest BCUT2D eigenvalue weighted by Crippen LogP contribution is 2.40. The Balaban J connectivity index is 1.45. The number of fused-ring (bicyclic) bond motifs is 1. The summed E-state index contributed by atoms with van der Waals surface area (Å²) in [6.45, 7) is 0. The van der Waals surface area contributed by atoms with Crippen molar-refractivity contribution in [3.8, 4) is 0 Å². The van der Waals surface area contributed by atoms with Crippen LogP contribution in [0.3, 0.4) is 0 Å². The van der Waals surface area contributed by atoms with Crippen molar-refractivity contribution in [1.82, 2.24) is 14.9 Å². The minimum absolute atomic E-state index is 0.00151. The number of carbonyl (C=O) groups is 1. The fraction of sp³-hybridized carbons (Fsp3) is 0.500. The molecule has 1 aromatic heterocycles. The van der Waals surface area contributed by atoms with E-state index in [0.29, 0.717) is 23.3 Å². The maximum Gasteiger partial charge on any atom is 0.413 e. The largest absolute Gasteiger partial charge is 0.413 e. The van der Waals surface area contributed by atoms with Crippen LogP contribution in [0.2, 0.25) is 5.02 Å². The first kappa shape index (κ1) is 25.6. The van der Waals surface area contributed by atoms with Crippen molar-refractivity contribution in [3.63, 3.8) is 0 Å². The molecule has 35 heavy (non-hydrogen) atoms. The first-order chi connectivity index (χ1) is 16.3. The minimum Gasteiger partial charge on any atom is -0.351 e. The molecule has 2 aliphatic carbocycles. The van der Waals surface area contributed by atoms with E-state index >= 15 is 0 Å². The highest BCUT2D eigenvalue weighted by molar-refractivity contribution is 7.91. The summed E-state index contributed by atoms with van der Waals surface area (Å²) in [5.74, 6) is -1.98. The van der Waals surface area contributed by atoms with Gasteiger partial charge >= 0.3 is 6.18 Å². The number of nitrogens with zero attached hydrogens (tertiary/aromatic N) is 3. The van der Waals surface area contributed by atoms with Crippen LogP contribution in [0.25, 0.3) is 0 Å². The van der Waals surface area contributed by atoms with Crippen LogP contribution < -0.4 is 5.32 Å². The molecular formula is C22H23ClF4N4O3S. The number of sulfone groups is 1. The van der Waals surface area contributed by atoms with Crippen molar-refractivity contribution in [1.29, 1.82) is 0 Å². The monoisotopic (exact) mass is 534 g/mol. The summed E-state index contributed by atoms with van der Waals surface area (Å²) in [4.78, 5) is 21.2. The molecule has 1 aromatic carbocycles.